The summed E-state index contributed by atoms with van der Waals surface area (Å²) in [5.74, 6) is 1.72. The Labute approximate surface area is 126 Å². The van der Waals surface area contributed by atoms with Gasteiger partial charge in [0.05, 0.1) is 30.1 Å². The fourth-order valence-corrected chi connectivity index (χ4v) is 3.11. The number of benzene rings is 1. The molecule has 3 aromatic rings. The van der Waals surface area contributed by atoms with Gasteiger partial charge in [-0.3, -0.25) is 0 Å². The quantitative estimate of drug-likeness (QED) is 0.666. The third kappa shape index (κ3) is 2.41. The van der Waals surface area contributed by atoms with Crippen LogP contribution in [0.4, 0.5) is 0 Å². The molecule has 0 amide bonds. The molecule has 0 fully saturated rings. The lowest BCUT2D eigenvalue weighted by Gasteiger charge is -2.10. The number of imidazole rings is 1. The van der Waals surface area contributed by atoms with E-state index in [1.165, 1.54) is 5.56 Å². The number of hydrogen-bond acceptors (Lipinski definition) is 3. The summed E-state index contributed by atoms with van der Waals surface area (Å²) >= 11 is 7.98. The van der Waals surface area contributed by atoms with Gasteiger partial charge in [-0.25, -0.2) is 4.98 Å². The smallest absolute Gasteiger partial charge is 0.128 e. The van der Waals surface area contributed by atoms with Gasteiger partial charge in [-0.2, -0.15) is 11.3 Å². The first-order valence-electron chi connectivity index (χ1n) is 6.38. The molecule has 1 atom stereocenters. The van der Waals surface area contributed by atoms with E-state index < -0.39 is 0 Å². The second kappa shape index (κ2) is 5.46. The van der Waals surface area contributed by atoms with Gasteiger partial charge in [0, 0.05) is 6.07 Å². The Morgan fingerprint density at radius 3 is 2.90 bits per heavy atom. The molecule has 5 heteroatoms. The largest absolute Gasteiger partial charge is 0.497 e. The molecule has 0 aliphatic rings. The van der Waals surface area contributed by atoms with Crippen molar-refractivity contribution >= 4 is 34.0 Å². The molecular formula is C15H15ClN2OS. The summed E-state index contributed by atoms with van der Waals surface area (Å²) in [6.45, 7) is 2.73. The van der Waals surface area contributed by atoms with E-state index in [1.54, 1.807) is 18.4 Å². The van der Waals surface area contributed by atoms with E-state index in [0.29, 0.717) is 0 Å². The summed E-state index contributed by atoms with van der Waals surface area (Å²) in [6, 6.07) is 8.03. The number of aromatic nitrogens is 2. The minimum Gasteiger partial charge on any atom is -0.497 e. The minimum absolute atomic E-state index is 0.132. The van der Waals surface area contributed by atoms with Crippen LogP contribution < -0.4 is 4.74 Å². The highest BCUT2D eigenvalue weighted by atomic mass is 35.5. The maximum absolute atomic E-state index is 6.28. The van der Waals surface area contributed by atoms with Crippen LogP contribution in [0.3, 0.4) is 0 Å². The van der Waals surface area contributed by atoms with Gasteiger partial charge >= 0.3 is 0 Å². The van der Waals surface area contributed by atoms with Gasteiger partial charge in [-0.15, -0.1) is 11.6 Å². The standard InChI is InChI=1S/C15H15ClN2OS/c1-10(16)15-17-13-4-3-12(19-2)7-14(13)18(15)8-11-5-6-20-9-11/h3-7,9-10H,8H2,1-2H3. The number of methoxy groups -OCH3 is 1. The third-order valence-corrected chi connectivity index (χ3v) is 4.19. The number of alkyl halides is 1. The number of nitrogens with zero attached hydrogens (tertiary/aromatic N) is 2. The molecule has 0 saturated carbocycles. The first kappa shape index (κ1) is 13.5. The molecule has 104 valence electrons. The van der Waals surface area contributed by atoms with E-state index >= 15 is 0 Å². The van der Waals surface area contributed by atoms with E-state index in [-0.39, 0.29) is 5.38 Å². The molecule has 0 saturated heterocycles. The van der Waals surface area contributed by atoms with Crippen LogP contribution in [0.2, 0.25) is 0 Å². The van der Waals surface area contributed by atoms with Crippen LogP contribution in [0.1, 0.15) is 23.7 Å². The van der Waals surface area contributed by atoms with Crippen LogP contribution in [-0.4, -0.2) is 16.7 Å². The van der Waals surface area contributed by atoms with E-state index in [4.69, 9.17) is 16.3 Å². The predicted molar refractivity (Wildman–Crippen MR) is 84.0 cm³/mol. The first-order valence-corrected chi connectivity index (χ1v) is 7.76. The maximum atomic E-state index is 6.28. The minimum atomic E-state index is -0.132. The summed E-state index contributed by atoms with van der Waals surface area (Å²) < 4.78 is 7.47. The highest BCUT2D eigenvalue weighted by molar-refractivity contribution is 7.07. The number of fused-ring (bicyclic) bond motifs is 1. The molecule has 20 heavy (non-hydrogen) atoms. The average molecular weight is 307 g/mol. The van der Waals surface area contributed by atoms with Crippen LogP contribution >= 0.6 is 22.9 Å². The van der Waals surface area contributed by atoms with Crippen LogP contribution in [0.5, 0.6) is 5.75 Å². The maximum Gasteiger partial charge on any atom is 0.128 e. The number of rotatable bonds is 4. The molecule has 0 aliphatic carbocycles. The van der Waals surface area contributed by atoms with E-state index in [1.807, 2.05) is 25.1 Å². The molecule has 3 nitrogen and oxygen atoms in total. The van der Waals surface area contributed by atoms with Crippen molar-refractivity contribution in [3.05, 3.63) is 46.4 Å². The summed E-state index contributed by atoms with van der Waals surface area (Å²) in [5, 5.41) is 4.10. The Morgan fingerprint density at radius 2 is 2.25 bits per heavy atom. The lowest BCUT2D eigenvalue weighted by Crippen LogP contribution is -2.05. The van der Waals surface area contributed by atoms with Crippen LogP contribution in [0.25, 0.3) is 11.0 Å². The molecule has 3 rings (SSSR count). The van der Waals surface area contributed by atoms with Crippen molar-refractivity contribution in [3.63, 3.8) is 0 Å². The Hall–Kier alpha value is -1.52. The van der Waals surface area contributed by atoms with Crippen molar-refractivity contribution in [1.82, 2.24) is 9.55 Å². The molecule has 2 heterocycles. The van der Waals surface area contributed by atoms with E-state index in [9.17, 15) is 0 Å². The van der Waals surface area contributed by atoms with Gasteiger partial charge in [0.15, 0.2) is 0 Å². The van der Waals surface area contributed by atoms with Crippen LogP contribution in [-0.2, 0) is 6.54 Å². The van der Waals surface area contributed by atoms with E-state index in [2.05, 4.69) is 26.4 Å². The first-order chi connectivity index (χ1) is 9.69. The zero-order valence-corrected chi connectivity index (χ0v) is 12.9. The topological polar surface area (TPSA) is 27.1 Å². The van der Waals surface area contributed by atoms with Crippen LogP contribution in [0.15, 0.2) is 35.0 Å². The van der Waals surface area contributed by atoms with Crippen molar-refractivity contribution in [1.29, 1.82) is 0 Å². The number of halogens is 1. The van der Waals surface area contributed by atoms with Gasteiger partial charge in [0.25, 0.3) is 0 Å². The molecule has 0 aliphatic heterocycles. The zero-order valence-electron chi connectivity index (χ0n) is 11.3. The second-order valence-corrected chi connectivity index (χ2v) is 6.09. The van der Waals surface area contributed by atoms with Gasteiger partial charge in [-0.1, -0.05) is 0 Å². The molecule has 0 bridgehead atoms. The molecular weight excluding hydrogens is 292 g/mol. The fourth-order valence-electron chi connectivity index (χ4n) is 2.28. The molecule has 0 spiro atoms. The molecule has 1 unspecified atom stereocenters. The highest BCUT2D eigenvalue weighted by Crippen LogP contribution is 2.28. The number of ether oxygens (including phenoxy) is 1. The van der Waals surface area contributed by atoms with Gasteiger partial charge in [-0.05, 0) is 41.4 Å². The number of thiophene rings is 1. The predicted octanol–water partition coefficient (Wildman–Crippen LogP) is 4.45. The van der Waals surface area contributed by atoms with Gasteiger partial charge < -0.3 is 9.30 Å². The normalized spacial score (nSPS) is 12.8. The molecule has 0 radical (unpaired) electrons. The van der Waals surface area contributed by atoms with Crippen molar-refractivity contribution < 1.29 is 4.74 Å². The van der Waals surface area contributed by atoms with Crippen molar-refractivity contribution in [2.75, 3.05) is 7.11 Å². The second-order valence-electron chi connectivity index (χ2n) is 4.66. The van der Waals surface area contributed by atoms with Crippen molar-refractivity contribution in [2.45, 2.75) is 18.8 Å². The van der Waals surface area contributed by atoms with E-state index in [0.717, 1.165) is 29.2 Å². The average Bonchev–Trinajstić information content (AvgIpc) is 3.07. The Balaban J connectivity index is 2.16. The highest BCUT2D eigenvalue weighted by Gasteiger charge is 2.15. The third-order valence-electron chi connectivity index (χ3n) is 3.26. The summed E-state index contributed by atoms with van der Waals surface area (Å²) in [5.41, 5.74) is 3.26. The SMILES string of the molecule is COc1ccc2nc(C(C)Cl)n(Cc3ccsc3)c2c1. The monoisotopic (exact) mass is 306 g/mol. The lowest BCUT2D eigenvalue weighted by atomic mass is 10.2. The van der Waals surface area contributed by atoms with Crippen molar-refractivity contribution in [2.24, 2.45) is 0 Å². The Bertz CT molecular complexity index is 719. The Morgan fingerprint density at radius 1 is 1.40 bits per heavy atom. The lowest BCUT2D eigenvalue weighted by molar-refractivity contribution is 0.415. The summed E-state index contributed by atoms with van der Waals surface area (Å²) in [4.78, 5) is 4.65. The summed E-state index contributed by atoms with van der Waals surface area (Å²) in [7, 11) is 1.67. The number of hydrogen-bond donors (Lipinski definition) is 0. The van der Waals surface area contributed by atoms with Crippen LogP contribution in [0, 0.1) is 0 Å². The Kier molecular flexibility index (Phi) is 3.68. The molecule has 0 N–H and O–H groups in total. The van der Waals surface area contributed by atoms with Crippen molar-refractivity contribution in [3.8, 4) is 5.75 Å². The fraction of sp³-hybridized carbons (Fsp3) is 0.267. The molecule has 1 aromatic carbocycles. The molecule has 2 aromatic heterocycles. The summed E-state index contributed by atoms with van der Waals surface area (Å²) in [6.07, 6.45) is 0. The van der Waals surface area contributed by atoms with Gasteiger partial charge in [0.1, 0.15) is 11.6 Å². The van der Waals surface area contributed by atoms with Gasteiger partial charge in [0.2, 0.25) is 0 Å². The zero-order chi connectivity index (χ0) is 14.1.